The molecular weight excluding hydrogens is 423 g/mol. The first kappa shape index (κ1) is 22.0. The molecule has 2 aromatic carbocycles. The van der Waals surface area contributed by atoms with E-state index in [1.807, 2.05) is 35.2 Å². The highest BCUT2D eigenvalue weighted by molar-refractivity contribution is 5.96. The second-order valence-electron chi connectivity index (χ2n) is 9.20. The van der Waals surface area contributed by atoms with E-state index < -0.39 is 11.4 Å². The molecule has 0 aliphatic carbocycles. The van der Waals surface area contributed by atoms with Crippen LogP contribution in [0.3, 0.4) is 0 Å². The Morgan fingerprint density at radius 2 is 1.85 bits per heavy atom. The molecule has 3 aliphatic rings. The maximum absolute atomic E-state index is 13.9. The van der Waals surface area contributed by atoms with E-state index in [0.29, 0.717) is 25.6 Å². The highest BCUT2D eigenvalue weighted by atomic mass is 19.1. The largest absolute Gasteiger partial charge is 0.381 e. The van der Waals surface area contributed by atoms with Crippen LogP contribution in [0.4, 0.5) is 4.39 Å². The molecule has 2 atom stereocenters. The number of likely N-dealkylation sites (tertiary alicyclic amines) is 1. The van der Waals surface area contributed by atoms with E-state index in [0.717, 1.165) is 31.6 Å². The van der Waals surface area contributed by atoms with Crippen LogP contribution in [0.15, 0.2) is 54.6 Å². The molecule has 1 spiro atoms. The number of ether oxygens (including phenoxy) is 2. The molecule has 2 aromatic rings. The number of benzene rings is 2. The summed E-state index contributed by atoms with van der Waals surface area (Å²) in [4.78, 5) is 30.6. The highest BCUT2D eigenvalue weighted by Gasteiger charge is 2.58. The van der Waals surface area contributed by atoms with Gasteiger partial charge in [-0.2, -0.15) is 0 Å². The molecular formula is C26H29FN2O4. The van der Waals surface area contributed by atoms with E-state index in [-0.39, 0.29) is 36.4 Å². The van der Waals surface area contributed by atoms with Crippen molar-refractivity contribution in [3.8, 4) is 0 Å². The van der Waals surface area contributed by atoms with Crippen molar-refractivity contribution < 1.29 is 23.5 Å². The zero-order valence-electron chi connectivity index (χ0n) is 18.6. The molecule has 0 bridgehead atoms. The Labute approximate surface area is 193 Å². The summed E-state index contributed by atoms with van der Waals surface area (Å²) in [7, 11) is 0. The monoisotopic (exact) mass is 452 g/mol. The first-order valence-electron chi connectivity index (χ1n) is 11.7. The quantitative estimate of drug-likeness (QED) is 0.716. The molecule has 0 N–H and O–H groups in total. The third kappa shape index (κ3) is 4.27. The van der Waals surface area contributed by atoms with Crippen LogP contribution >= 0.6 is 0 Å². The fourth-order valence-electron chi connectivity index (χ4n) is 5.39. The Morgan fingerprint density at radius 3 is 2.61 bits per heavy atom. The van der Waals surface area contributed by atoms with E-state index in [1.54, 1.807) is 11.0 Å². The summed E-state index contributed by atoms with van der Waals surface area (Å²) in [6, 6.07) is 15.6. The predicted molar refractivity (Wildman–Crippen MR) is 120 cm³/mol. The van der Waals surface area contributed by atoms with E-state index in [1.165, 1.54) is 18.2 Å². The maximum Gasteiger partial charge on any atom is 0.257 e. The van der Waals surface area contributed by atoms with E-state index in [4.69, 9.17) is 9.47 Å². The third-order valence-corrected chi connectivity index (χ3v) is 7.14. The van der Waals surface area contributed by atoms with Gasteiger partial charge in [-0.25, -0.2) is 4.39 Å². The van der Waals surface area contributed by atoms with Crippen LogP contribution in [0, 0.1) is 11.7 Å². The summed E-state index contributed by atoms with van der Waals surface area (Å²) < 4.78 is 25.5. The summed E-state index contributed by atoms with van der Waals surface area (Å²) in [5, 5.41) is 0. The number of hydrogen-bond acceptors (Lipinski definition) is 4. The Bertz CT molecular complexity index is 1010. The topological polar surface area (TPSA) is 59.1 Å². The van der Waals surface area contributed by atoms with Crippen LogP contribution in [-0.2, 0) is 14.3 Å². The molecule has 174 valence electrons. The van der Waals surface area contributed by atoms with Crippen molar-refractivity contribution in [3.63, 3.8) is 0 Å². The Kier molecular flexibility index (Phi) is 6.17. The van der Waals surface area contributed by atoms with Crippen LogP contribution in [0.25, 0.3) is 0 Å². The molecule has 6 nitrogen and oxygen atoms in total. The van der Waals surface area contributed by atoms with Crippen molar-refractivity contribution >= 4 is 11.8 Å². The van der Waals surface area contributed by atoms with Crippen molar-refractivity contribution in [2.75, 3.05) is 46.0 Å². The van der Waals surface area contributed by atoms with E-state index in [2.05, 4.69) is 0 Å². The molecule has 0 saturated carbocycles. The van der Waals surface area contributed by atoms with E-state index >= 15 is 0 Å². The lowest BCUT2D eigenvalue weighted by atomic mass is 9.83. The van der Waals surface area contributed by atoms with Gasteiger partial charge in [-0.1, -0.05) is 36.4 Å². The Balaban J connectivity index is 1.44. The summed E-state index contributed by atoms with van der Waals surface area (Å²) >= 11 is 0. The minimum atomic E-state index is -1.13. The zero-order valence-corrected chi connectivity index (χ0v) is 18.6. The smallest absolute Gasteiger partial charge is 0.257 e. The second-order valence-corrected chi connectivity index (χ2v) is 9.20. The van der Waals surface area contributed by atoms with Crippen LogP contribution in [0.5, 0.6) is 0 Å². The van der Waals surface area contributed by atoms with Crippen molar-refractivity contribution in [1.82, 2.24) is 9.80 Å². The number of carbonyl (C=O) groups is 2. The summed E-state index contributed by atoms with van der Waals surface area (Å²) in [5.74, 6) is -0.568. The van der Waals surface area contributed by atoms with E-state index in [9.17, 15) is 14.0 Å². The molecule has 2 unspecified atom stereocenters. The van der Waals surface area contributed by atoms with Gasteiger partial charge in [0, 0.05) is 44.3 Å². The van der Waals surface area contributed by atoms with Crippen molar-refractivity contribution in [2.45, 2.75) is 24.4 Å². The minimum absolute atomic E-state index is 0.0559. The van der Waals surface area contributed by atoms with Gasteiger partial charge in [0.1, 0.15) is 5.82 Å². The molecule has 5 rings (SSSR count). The van der Waals surface area contributed by atoms with Crippen LogP contribution in [0.1, 0.15) is 34.7 Å². The van der Waals surface area contributed by atoms with Gasteiger partial charge in [0.15, 0.2) is 5.60 Å². The normalized spacial score (nSPS) is 26.2. The van der Waals surface area contributed by atoms with Gasteiger partial charge in [-0.15, -0.1) is 0 Å². The second kappa shape index (κ2) is 9.23. The number of carbonyl (C=O) groups excluding carboxylic acids is 2. The molecule has 7 heteroatoms. The fraction of sp³-hybridized carbons (Fsp3) is 0.462. The van der Waals surface area contributed by atoms with Crippen LogP contribution in [0.2, 0.25) is 0 Å². The number of halogens is 1. The Hall–Kier alpha value is -2.77. The number of hydrogen-bond donors (Lipinski definition) is 0. The first-order valence-corrected chi connectivity index (χ1v) is 11.7. The van der Waals surface area contributed by atoms with Crippen molar-refractivity contribution in [3.05, 3.63) is 71.5 Å². The van der Waals surface area contributed by atoms with Gasteiger partial charge in [0.2, 0.25) is 0 Å². The van der Waals surface area contributed by atoms with Crippen LogP contribution < -0.4 is 0 Å². The maximum atomic E-state index is 13.9. The zero-order chi connectivity index (χ0) is 22.8. The summed E-state index contributed by atoms with van der Waals surface area (Å²) in [6.07, 6.45) is 1.88. The molecule has 3 aliphatic heterocycles. The lowest BCUT2D eigenvalue weighted by molar-refractivity contribution is -0.160. The average Bonchev–Trinajstić information content (AvgIpc) is 3.10. The predicted octanol–water partition coefficient (Wildman–Crippen LogP) is 3.09. The number of rotatable bonds is 4. The minimum Gasteiger partial charge on any atom is -0.381 e. The third-order valence-electron chi connectivity index (χ3n) is 7.14. The standard InChI is InChI=1S/C26H29FN2O4/c27-22-8-4-7-21(15-22)24(30)28-11-14-33-26(18-28)23(20-5-2-1-3-6-20)17-29(25(26)31)16-19-9-12-32-13-10-19/h1-8,15,19,23H,9-14,16-18H2. The molecule has 33 heavy (non-hydrogen) atoms. The number of morpholine rings is 1. The van der Waals surface area contributed by atoms with Gasteiger partial charge in [0.05, 0.1) is 13.2 Å². The molecule has 3 heterocycles. The SMILES string of the molecule is O=C(c1cccc(F)c1)N1CCOC2(C1)C(=O)N(CC1CCOCC1)CC2c1ccccc1. The summed E-state index contributed by atoms with van der Waals surface area (Å²) in [6.45, 7) is 3.48. The molecule has 3 fully saturated rings. The van der Waals surface area contributed by atoms with Crippen molar-refractivity contribution in [2.24, 2.45) is 5.92 Å². The highest BCUT2D eigenvalue weighted by Crippen LogP contribution is 2.43. The van der Waals surface area contributed by atoms with Gasteiger partial charge in [-0.05, 0) is 42.5 Å². The van der Waals surface area contributed by atoms with Gasteiger partial charge >= 0.3 is 0 Å². The fourth-order valence-corrected chi connectivity index (χ4v) is 5.39. The molecule has 3 saturated heterocycles. The van der Waals surface area contributed by atoms with Gasteiger partial charge < -0.3 is 19.3 Å². The molecule has 0 radical (unpaired) electrons. The van der Waals surface area contributed by atoms with Crippen molar-refractivity contribution in [1.29, 1.82) is 0 Å². The lowest BCUT2D eigenvalue weighted by Crippen LogP contribution is -2.59. The van der Waals surface area contributed by atoms with Gasteiger partial charge in [0.25, 0.3) is 11.8 Å². The number of nitrogens with zero attached hydrogens (tertiary/aromatic N) is 2. The Morgan fingerprint density at radius 1 is 1.06 bits per heavy atom. The van der Waals surface area contributed by atoms with Gasteiger partial charge in [-0.3, -0.25) is 9.59 Å². The first-order chi connectivity index (χ1) is 16.1. The summed E-state index contributed by atoms with van der Waals surface area (Å²) in [5.41, 5.74) is 0.182. The number of amides is 2. The molecule has 0 aromatic heterocycles. The molecule has 2 amide bonds. The van der Waals surface area contributed by atoms with Crippen LogP contribution in [-0.4, -0.2) is 73.2 Å². The average molecular weight is 453 g/mol. The lowest BCUT2D eigenvalue weighted by Gasteiger charge is -2.42.